The van der Waals surface area contributed by atoms with Gasteiger partial charge in [-0.3, -0.25) is 4.72 Å². The number of thiophene rings is 1. The van der Waals surface area contributed by atoms with Crippen LogP contribution in [-0.2, 0) is 10.0 Å². The highest BCUT2D eigenvalue weighted by molar-refractivity contribution is 7.94. The summed E-state index contributed by atoms with van der Waals surface area (Å²) in [4.78, 5) is 0. The van der Waals surface area contributed by atoms with E-state index in [1.54, 1.807) is 23.6 Å². The molecule has 2 aromatic heterocycles. The minimum atomic E-state index is -3.55. The number of aromatic nitrogens is 2. The van der Waals surface area contributed by atoms with Gasteiger partial charge in [0.2, 0.25) is 0 Å². The SMILES string of the molecule is CCCNc1ccc(NS(=O)(=O)c2cccs2)nn1. The monoisotopic (exact) mass is 298 g/mol. The average molecular weight is 298 g/mol. The van der Waals surface area contributed by atoms with E-state index in [-0.39, 0.29) is 10.0 Å². The quantitative estimate of drug-likeness (QED) is 0.853. The molecular formula is C11H14N4O2S2. The zero-order chi connectivity index (χ0) is 13.7. The first-order valence-corrected chi connectivity index (χ1v) is 8.12. The van der Waals surface area contributed by atoms with E-state index in [0.29, 0.717) is 5.82 Å². The molecule has 0 aliphatic rings. The van der Waals surface area contributed by atoms with Crippen LogP contribution in [0.4, 0.5) is 11.6 Å². The summed E-state index contributed by atoms with van der Waals surface area (Å²) in [7, 11) is -3.55. The lowest BCUT2D eigenvalue weighted by Crippen LogP contribution is -2.13. The van der Waals surface area contributed by atoms with Crippen molar-refractivity contribution in [1.29, 1.82) is 0 Å². The summed E-state index contributed by atoms with van der Waals surface area (Å²) in [6, 6.07) is 6.49. The third-order valence-corrected chi connectivity index (χ3v) is 4.97. The van der Waals surface area contributed by atoms with Crippen LogP contribution < -0.4 is 10.0 Å². The Morgan fingerprint density at radius 3 is 2.53 bits per heavy atom. The third kappa shape index (κ3) is 3.65. The van der Waals surface area contributed by atoms with Crippen molar-refractivity contribution in [3.63, 3.8) is 0 Å². The van der Waals surface area contributed by atoms with Crippen molar-refractivity contribution in [2.75, 3.05) is 16.6 Å². The third-order valence-electron chi connectivity index (χ3n) is 2.22. The molecule has 0 aliphatic heterocycles. The highest BCUT2D eigenvalue weighted by Gasteiger charge is 2.15. The van der Waals surface area contributed by atoms with E-state index in [2.05, 4.69) is 20.2 Å². The molecule has 0 saturated heterocycles. The van der Waals surface area contributed by atoms with Gasteiger partial charge in [-0.2, -0.15) is 0 Å². The van der Waals surface area contributed by atoms with Gasteiger partial charge in [0.15, 0.2) is 5.82 Å². The first-order chi connectivity index (χ1) is 9.12. The predicted octanol–water partition coefficient (Wildman–Crippen LogP) is 2.16. The molecule has 2 heterocycles. The Morgan fingerprint density at radius 1 is 1.21 bits per heavy atom. The van der Waals surface area contributed by atoms with Crippen LogP contribution >= 0.6 is 11.3 Å². The molecule has 6 nitrogen and oxygen atoms in total. The van der Waals surface area contributed by atoms with Crippen molar-refractivity contribution in [3.8, 4) is 0 Å². The molecule has 0 spiro atoms. The fourth-order valence-corrected chi connectivity index (χ4v) is 3.33. The molecule has 0 fully saturated rings. The van der Waals surface area contributed by atoms with Crippen LogP contribution in [0.5, 0.6) is 0 Å². The molecule has 0 aromatic carbocycles. The van der Waals surface area contributed by atoms with Gasteiger partial charge < -0.3 is 5.32 Å². The molecule has 102 valence electrons. The molecule has 0 amide bonds. The zero-order valence-electron chi connectivity index (χ0n) is 10.3. The van der Waals surface area contributed by atoms with Crippen LogP contribution in [0.25, 0.3) is 0 Å². The van der Waals surface area contributed by atoms with E-state index in [0.717, 1.165) is 24.3 Å². The molecular weight excluding hydrogens is 284 g/mol. The smallest absolute Gasteiger partial charge is 0.272 e. The number of hydrogen-bond acceptors (Lipinski definition) is 6. The van der Waals surface area contributed by atoms with E-state index < -0.39 is 10.0 Å². The van der Waals surface area contributed by atoms with Crippen LogP contribution in [0, 0.1) is 0 Å². The van der Waals surface area contributed by atoms with Gasteiger partial charge in [-0.05, 0) is 30.0 Å². The van der Waals surface area contributed by atoms with Crippen molar-refractivity contribution >= 4 is 33.0 Å². The topological polar surface area (TPSA) is 84.0 Å². The van der Waals surface area contributed by atoms with Crippen molar-refractivity contribution in [3.05, 3.63) is 29.6 Å². The average Bonchev–Trinajstić information content (AvgIpc) is 2.92. The number of nitrogens with zero attached hydrogens (tertiary/aromatic N) is 2. The molecule has 19 heavy (non-hydrogen) atoms. The summed E-state index contributed by atoms with van der Waals surface area (Å²) in [6.07, 6.45) is 0.981. The molecule has 8 heteroatoms. The van der Waals surface area contributed by atoms with Gasteiger partial charge in [-0.15, -0.1) is 21.5 Å². The Hall–Kier alpha value is -1.67. The second kappa shape index (κ2) is 5.98. The van der Waals surface area contributed by atoms with Crippen molar-refractivity contribution in [2.45, 2.75) is 17.6 Å². The number of hydrogen-bond donors (Lipinski definition) is 2. The number of rotatable bonds is 6. The van der Waals surface area contributed by atoms with Gasteiger partial charge in [-0.25, -0.2) is 8.42 Å². The Morgan fingerprint density at radius 2 is 1.95 bits per heavy atom. The first-order valence-electron chi connectivity index (χ1n) is 5.76. The van der Waals surface area contributed by atoms with Gasteiger partial charge in [0.25, 0.3) is 10.0 Å². The van der Waals surface area contributed by atoms with Crippen molar-refractivity contribution in [1.82, 2.24) is 10.2 Å². The predicted molar refractivity (Wildman–Crippen MR) is 75.9 cm³/mol. The van der Waals surface area contributed by atoms with Gasteiger partial charge in [0, 0.05) is 6.54 Å². The van der Waals surface area contributed by atoms with E-state index in [4.69, 9.17) is 0 Å². The Kier molecular flexibility index (Phi) is 4.33. The molecule has 0 bridgehead atoms. The van der Waals surface area contributed by atoms with Crippen LogP contribution in [0.3, 0.4) is 0 Å². The summed E-state index contributed by atoms with van der Waals surface area (Å²) in [5.74, 6) is 0.830. The lowest BCUT2D eigenvalue weighted by molar-refractivity contribution is 0.603. The van der Waals surface area contributed by atoms with Crippen LogP contribution in [0.15, 0.2) is 33.9 Å². The lowest BCUT2D eigenvalue weighted by Gasteiger charge is -2.06. The van der Waals surface area contributed by atoms with Gasteiger partial charge >= 0.3 is 0 Å². The minimum Gasteiger partial charge on any atom is -0.369 e. The van der Waals surface area contributed by atoms with Crippen LogP contribution in [0.2, 0.25) is 0 Å². The summed E-state index contributed by atoms with van der Waals surface area (Å²) < 4.78 is 26.5. The largest absolute Gasteiger partial charge is 0.369 e. The molecule has 2 rings (SSSR count). The summed E-state index contributed by atoms with van der Waals surface area (Å²) in [5.41, 5.74) is 0. The normalized spacial score (nSPS) is 11.2. The second-order valence-electron chi connectivity index (χ2n) is 3.77. The maximum atomic E-state index is 11.9. The molecule has 0 aliphatic carbocycles. The molecule has 0 atom stereocenters. The van der Waals surface area contributed by atoms with Gasteiger partial charge in [-0.1, -0.05) is 13.0 Å². The van der Waals surface area contributed by atoms with E-state index in [9.17, 15) is 8.42 Å². The number of sulfonamides is 1. The van der Waals surface area contributed by atoms with Gasteiger partial charge in [0.1, 0.15) is 10.0 Å². The van der Waals surface area contributed by atoms with Crippen molar-refractivity contribution in [2.24, 2.45) is 0 Å². The van der Waals surface area contributed by atoms with Crippen LogP contribution in [-0.4, -0.2) is 25.2 Å². The fourth-order valence-electron chi connectivity index (χ4n) is 1.34. The zero-order valence-corrected chi connectivity index (χ0v) is 12.0. The number of nitrogens with one attached hydrogen (secondary N) is 2. The maximum absolute atomic E-state index is 11.9. The van der Waals surface area contributed by atoms with E-state index >= 15 is 0 Å². The molecule has 0 radical (unpaired) electrons. The summed E-state index contributed by atoms with van der Waals surface area (Å²) in [5, 5.41) is 12.5. The van der Waals surface area contributed by atoms with Crippen molar-refractivity contribution < 1.29 is 8.42 Å². The molecule has 2 aromatic rings. The summed E-state index contributed by atoms with van der Waals surface area (Å²) in [6.45, 7) is 2.85. The first kappa shape index (κ1) is 13.8. The maximum Gasteiger partial charge on any atom is 0.272 e. The van der Waals surface area contributed by atoms with Crippen LogP contribution in [0.1, 0.15) is 13.3 Å². The molecule has 0 unspecified atom stereocenters. The van der Waals surface area contributed by atoms with E-state index in [1.165, 1.54) is 6.07 Å². The second-order valence-corrected chi connectivity index (χ2v) is 6.63. The Balaban J connectivity index is 2.07. The molecule has 2 N–H and O–H groups in total. The standard InChI is InChI=1S/C11H14N4O2S2/c1-2-7-12-9-5-6-10(14-13-9)15-19(16,17)11-4-3-8-18-11/h3-6,8H,2,7H2,1H3,(H,12,13)(H,14,15). The summed E-state index contributed by atoms with van der Waals surface area (Å²) >= 11 is 1.15. The highest BCUT2D eigenvalue weighted by Crippen LogP contribution is 2.19. The van der Waals surface area contributed by atoms with Gasteiger partial charge in [0.05, 0.1) is 0 Å². The highest BCUT2D eigenvalue weighted by atomic mass is 32.2. The minimum absolute atomic E-state index is 0.204. The molecule has 0 saturated carbocycles. The van der Waals surface area contributed by atoms with E-state index in [1.807, 2.05) is 6.92 Å². The Labute approximate surface area is 115 Å². The fraction of sp³-hybridized carbons (Fsp3) is 0.273. The lowest BCUT2D eigenvalue weighted by atomic mass is 10.4. The Bertz CT molecular complexity index is 609. The number of anilines is 2.